The highest BCUT2D eigenvalue weighted by Gasteiger charge is 2.42. The van der Waals surface area contributed by atoms with Crippen LogP contribution in [0.5, 0.6) is 0 Å². The Morgan fingerprint density at radius 1 is 0.818 bits per heavy atom. The zero-order chi connectivity index (χ0) is 15.0. The van der Waals surface area contributed by atoms with E-state index < -0.39 is 5.24 Å². The smallest absolute Gasteiger partial charge is 0.0616 e. The van der Waals surface area contributed by atoms with Gasteiger partial charge in [0.05, 0.1) is 5.24 Å². The predicted octanol–water partition coefficient (Wildman–Crippen LogP) is 4.95. The molecule has 22 heavy (non-hydrogen) atoms. The molecular weight excluding hydrogens is 323 g/mol. The minimum Gasteiger partial charge on any atom is -0.112 e. The van der Waals surface area contributed by atoms with E-state index in [1.54, 1.807) is 0 Å². The number of rotatable bonds is 4. The molecule has 0 aliphatic heterocycles. The highest BCUT2D eigenvalue weighted by molar-refractivity contribution is 8.75. The van der Waals surface area contributed by atoms with Crippen LogP contribution in [0.15, 0.2) is 60.7 Å². The van der Waals surface area contributed by atoms with Gasteiger partial charge >= 0.3 is 0 Å². The van der Waals surface area contributed by atoms with Crippen LogP contribution >= 0.6 is 16.6 Å². The quantitative estimate of drug-likeness (QED) is 0.720. The van der Waals surface area contributed by atoms with Gasteiger partial charge in [0.15, 0.2) is 0 Å². The Morgan fingerprint density at radius 2 is 1.41 bits per heavy atom. The van der Waals surface area contributed by atoms with Crippen molar-refractivity contribution in [3.8, 4) is 0 Å². The standard InChI is InChI=1S/C19H21PS2/c21-20(17-7-3-1-4-8-17,18-9-5-2-6-10-18)22-19-14-15-11-12-16(19)13-15/h1-10,15-16,19H,11-14H2. The maximum Gasteiger partial charge on any atom is 0.0616 e. The SMILES string of the molecule is S=P(SC1CC2CCC1C2)(c1ccccc1)c1ccccc1. The van der Waals surface area contributed by atoms with Crippen LogP contribution in [-0.2, 0) is 11.8 Å². The minimum atomic E-state index is -1.75. The van der Waals surface area contributed by atoms with Gasteiger partial charge < -0.3 is 0 Å². The highest BCUT2D eigenvalue weighted by atomic mass is 32.9. The van der Waals surface area contributed by atoms with Gasteiger partial charge in [0.2, 0.25) is 0 Å². The van der Waals surface area contributed by atoms with Crippen molar-refractivity contribution in [1.82, 2.24) is 0 Å². The average Bonchev–Trinajstić information content (AvgIpc) is 3.19. The van der Waals surface area contributed by atoms with Crippen LogP contribution in [0.4, 0.5) is 0 Å². The summed E-state index contributed by atoms with van der Waals surface area (Å²) in [4.78, 5) is 0. The topological polar surface area (TPSA) is 0 Å². The van der Waals surface area contributed by atoms with Gasteiger partial charge in [-0.05, 0) is 41.7 Å². The summed E-state index contributed by atoms with van der Waals surface area (Å²) in [7, 11) is 0. The maximum atomic E-state index is 6.36. The van der Waals surface area contributed by atoms with E-state index in [1.807, 2.05) is 0 Å². The van der Waals surface area contributed by atoms with Crippen LogP contribution in [0.25, 0.3) is 0 Å². The first kappa shape index (κ1) is 15.0. The monoisotopic (exact) mass is 344 g/mol. The third kappa shape index (κ3) is 2.70. The number of benzene rings is 2. The molecule has 2 fully saturated rings. The van der Waals surface area contributed by atoms with Gasteiger partial charge in [-0.25, -0.2) is 0 Å². The van der Waals surface area contributed by atoms with Crippen molar-refractivity contribution in [1.29, 1.82) is 0 Å². The molecule has 2 saturated carbocycles. The van der Waals surface area contributed by atoms with Crippen LogP contribution in [0.2, 0.25) is 0 Å². The summed E-state index contributed by atoms with van der Waals surface area (Å²) in [6, 6.07) is 21.7. The fourth-order valence-corrected chi connectivity index (χ4v) is 12.0. The molecule has 4 rings (SSSR count). The van der Waals surface area contributed by atoms with Crippen LogP contribution < -0.4 is 10.6 Å². The molecule has 2 aromatic carbocycles. The molecule has 2 aromatic rings. The summed E-state index contributed by atoms with van der Waals surface area (Å²) in [5.41, 5.74) is 0. The third-order valence-corrected chi connectivity index (χ3v) is 13.3. The van der Waals surface area contributed by atoms with Crippen molar-refractivity contribution in [2.24, 2.45) is 11.8 Å². The van der Waals surface area contributed by atoms with Crippen LogP contribution in [-0.4, -0.2) is 5.25 Å². The van der Waals surface area contributed by atoms with Crippen LogP contribution in [0, 0.1) is 11.8 Å². The van der Waals surface area contributed by atoms with Gasteiger partial charge in [-0.3, -0.25) is 0 Å². The first-order chi connectivity index (χ1) is 10.8. The van der Waals surface area contributed by atoms with E-state index in [2.05, 4.69) is 72.0 Å². The Labute approximate surface area is 142 Å². The van der Waals surface area contributed by atoms with Crippen molar-refractivity contribution in [3.05, 3.63) is 60.7 Å². The molecule has 0 amide bonds. The summed E-state index contributed by atoms with van der Waals surface area (Å²) in [5.74, 6) is 1.90. The highest BCUT2D eigenvalue weighted by Crippen LogP contribution is 2.64. The molecule has 0 saturated heterocycles. The van der Waals surface area contributed by atoms with E-state index in [0.29, 0.717) is 0 Å². The Hall–Kier alpha value is -0.560. The first-order valence-electron chi connectivity index (χ1n) is 8.15. The number of hydrogen-bond donors (Lipinski definition) is 0. The summed E-state index contributed by atoms with van der Waals surface area (Å²) in [6.07, 6.45) is 5.74. The molecule has 0 heterocycles. The molecule has 0 nitrogen and oxygen atoms in total. The zero-order valence-electron chi connectivity index (χ0n) is 12.6. The van der Waals surface area contributed by atoms with Gasteiger partial charge in [0.25, 0.3) is 0 Å². The molecule has 2 aliphatic rings. The Balaban J connectivity index is 1.71. The van der Waals surface area contributed by atoms with Crippen molar-refractivity contribution in [2.45, 2.75) is 30.9 Å². The largest absolute Gasteiger partial charge is 0.112 e. The lowest BCUT2D eigenvalue weighted by Crippen LogP contribution is -2.19. The molecule has 0 aromatic heterocycles. The average molecular weight is 344 g/mol. The Bertz CT molecular complexity index is 640. The predicted molar refractivity (Wildman–Crippen MR) is 103 cm³/mol. The lowest BCUT2D eigenvalue weighted by Gasteiger charge is -2.30. The van der Waals surface area contributed by atoms with E-state index in [-0.39, 0.29) is 0 Å². The van der Waals surface area contributed by atoms with Crippen molar-refractivity contribution in [2.75, 3.05) is 0 Å². The van der Waals surface area contributed by atoms with E-state index in [4.69, 9.17) is 11.8 Å². The van der Waals surface area contributed by atoms with E-state index in [0.717, 1.165) is 17.1 Å². The van der Waals surface area contributed by atoms with Gasteiger partial charge in [-0.2, -0.15) is 0 Å². The van der Waals surface area contributed by atoms with E-state index in [1.165, 1.54) is 36.3 Å². The van der Waals surface area contributed by atoms with Crippen LogP contribution in [0.1, 0.15) is 25.7 Å². The molecule has 0 N–H and O–H groups in total. The van der Waals surface area contributed by atoms with Crippen molar-refractivity contribution >= 4 is 39.0 Å². The fraction of sp³-hybridized carbons (Fsp3) is 0.368. The van der Waals surface area contributed by atoms with Crippen LogP contribution in [0.3, 0.4) is 0 Å². The first-order valence-corrected chi connectivity index (χ1v) is 12.4. The maximum absolute atomic E-state index is 6.36. The number of fused-ring (bicyclic) bond motifs is 2. The number of hydrogen-bond acceptors (Lipinski definition) is 2. The molecule has 0 spiro atoms. The molecule has 3 atom stereocenters. The summed E-state index contributed by atoms with van der Waals surface area (Å²) >= 11 is 8.51. The van der Waals surface area contributed by atoms with Gasteiger partial charge in [0.1, 0.15) is 0 Å². The second-order valence-corrected chi connectivity index (χ2v) is 14.1. The minimum absolute atomic E-state index is 0.782. The molecule has 2 bridgehead atoms. The second kappa shape index (κ2) is 6.15. The van der Waals surface area contributed by atoms with Gasteiger partial charge in [0, 0.05) is 5.25 Å². The summed E-state index contributed by atoms with van der Waals surface area (Å²) < 4.78 is 0. The van der Waals surface area contributed by atoms with E-state index in [9.17, 15) is 0 Å². The molecular formula is C19H21PS2. The van der Waals surface area contributed by atoms with Crippen molar-refractivity contribution < 1.29 is 0 Å². The normalized spacial score (nSPS) is 27.2. The van der Waals surface area contributed by atoms with E-state index >= 15 is 0 Å². The molecule has 0 radical (unpaired) electrons. The fourth-order valence-electron chi connectivity index (χ4n) is 4.03. The second-order valence-electron chi connectivity index (χ2n) is 6.54. The summed E-state index contributed by atoms with van der Waals surface area (Å²) in [5, 5.41) is 1.76. The molecule has 3 unspecified atom stereocenters. The van der Waals surface area contributed by atoms with Crippen molar-refractivity contribution in [3.63, 3.8) is 0 Å². The lowest BCUT2D eigenvalue weighted by atomic mass is 10.0. The molecule has 2 aliphatic carbocycles. The van der Waals surface area contributed by atoms with Gasteiger partial charge in [-0.1, -0.05) is 78.9 Å². The Morgan fingerprint density at radius 3 is 1.86 bits per heavy atom. The molecule has 114 valence electrons. The van der Waals surface area contributed by atoms with Gasteiger partial charge in [-0.15, -0.1) is 11.4 Å². The zero-order valence-corrected chi connectivity index (χ0v) is 15.1. The Kier molecular flexibility index (Phi) is 4.19. The molecule has 3 heteroatoms. The third-order valence-electron chi connectivity index (χ3n) is 5.15. The lowest BCUT2D eigenvalue weighted by molar-refractivity contribution is 0.493. The summed E-state index contributed by atoms with van der Waals surface area (Å²) in [6.45, 7) is 0.